The molecule has 1 saturated carbocycles. The molecule has 0 amide bonds. The molecule has 1 N–H and O–H groups in total. The molecule has 0 aliphatic heterocycles. The molecule has 1 fully saturated rings. The lowest BCUT2D eigenvalue weighted by molar-refractivity contribution is -0.387. The highest BCUT2D eigenvalue weighted by Gasteiger charge is 2.20. The highest BCUT2D eigenvalue weighted by atomic mass is 32.2. The first kappa shape index (κ1) is 13.9. The minimum Gasteiger partial charge on any atom is -0.478 e. The van der Waals surface area contributed by atoms with E-state index in [4.69, 9.17) is 5.11 Å². The van der Waals surface area contributed by atoms with Crippen LogP contribution in [0.3, 0.4) is 0 Å². The van der Waals surface area contributed by atoms with Gasteiger partial charge in [-0.05, 0) is 30.9 Å². The Morgan fingerprint density at radius 2 is 2.11 bits per heavy atom. The van der Waals surface area contributed by atoms with Gasteiger partial charge in [0.2, 0.25) is 0 Å². The topological polar surface area (TPSA) is 80.4 Å². The molecule has 0 heterocycles. The van der Waals surface area contributed by atoms with Gasteiger partial charge in [-0.25, -0.2) is 4.79 Å². The zero-order valence-corrected chi connectivity index (χ0v) is 11.2. The minimum atomic E-state index is -1.14. The highest BCUT2D eigenvalue weighted by molar-refractivity contribution is 7.99. The van der Waals surface area contributed by atoms with Crippen LogP contribution in [0.1, 0.15) is 36.0 Å². The molecule has 19 heavy (non-hydrogen) atoms. The van der Waals surface area contributed by atoms with Crippen LogP contribution in [0.2, 0.25) is 0 Å². The van der Waals surface area contributed by atoms with E-state index in [0.29, 0.717) is 10.8 Å². The van der Waals surface area contributed by atoms with Crippen LogP contribution in [0.5, 0.6) is 0 Å². The van der Waals surface area contributed by atoms with E-state index in [1.54, 1.807) is 6.07 Å². The molecule has 0 saturated heterocycles. The molecule has 5 nitrogen and oxygen atoms in total. The molecule has 0 radical (unpaired) electrons. The number of hydrogen-bond acceptors (Lipinski definition) is 4. The van der Waals surface area contributed by atoms with Crippen LogP contribution in [0.15, 0.2) is 23.1 Å². The van der Waals surface area contributed by atoms with Crippen molar-refractivity contribution < 1.29 is 14.8 Å². The Hall–Kier alpha value is -1.56. The standard InChI is InChI=1S/C13H15NO4S/c15-13(16)10-5-6-12(11(7-10)14(17)18)19-8-9-3-1-2-4-9/h5-7,9H,1-4,8H2,(H,15,16). The lowest BCUT2D eigenvalue weighted by Gasteiger charge is -2.08. The van der Waals surface area contributed by atoms with Crippen molar-refractivity contribution in [2.75, 3.05) is 5.75 Å². The van der Waals surface area contributed by atoms with E-state index in [2.05, 4.69) is 0 Å². The smallest absolute Gasteiger partial charge is 0.335 e. The van der Waals surface area contributed by atoms with Crippen molar-refractivity contribution in [3.05, 3.63) is 33.9 Å². The van der Waals surface area contributed by atoms with Crippen LogP contribution < -0.4 is 0 Å². The maximum absolute atomic E-state index is 11.0. The largest absolute Gasteiger partial charge is 0.478 e. The first-order chi connectivity index (χ1) is 9.08. The normalized spacial score (nSPS) is 15.6. The number of nitro benzene ring substituents is 1. The maximum Gasteiger partial charge on any atom is 0.335 e. The Kier molecular flexibility index (Phi) is 4.42. The van der Waals surface area contributed by atoms with Gasteiger partial charge in [0.15, 0.2) is 0 Å². The molecule has 6 heteroatoms. The predicted molar refractivity (Wildman–Crippen MR) is 72.7 cm³/mol. The quantitative estimate of drug-likeness (QED) is 0.507. The fourth-order valence-corrected chi connectivity index (χ4v) is 3.49. The molecule has 0 bridgehead atoms. The van der Waals surface area contributed by atoms with Crippen LogP contribution in [-0.4, -0.2) is 21.8 Å². The Morgan fingerprint density at radius 1 is 1.42 bits per heavy atom. The summed E-state index contributed by atoms with van der Waals surface area (Å²) in [4.78, 5) is 21.9. The van der Waals surface area contributed by atoms with Gasteiger partial charge in [0, 0.05) is 11.8 Å². The third-order valence-electron chi connectivity index (χ3n) is 3.35. The van der Waals surface area contributed by atoms with E-state index in [-0.39, 0.29) is 11.3 Å². The molecule has 0 atom stereocenters. The van der Waals surface area contributed by atoms with Gasteiger partial charge in [0.1, 0.15) is 0 Å². The summed E-state index contributed by atoms with van der Waals surface area (Å²) < 4.78 is 0. The SMILES string of the molecule is O=C(O)c1ccc(SCC2CCCC2)c([N+](=O)[O-])c1. The summed E-state index contributed by atoms with van der Waals surface area (Å²) in [6.45, 7) is 0. The molecular weight excluding hydrogens is 266 g/mol. The van der Waals surface area contributed by atoms with E-state index >= 15 is 0 Å². The van der Waals surface area contributed by atoms with Crippen LogP contribution >= 0.6 is 11.8 Å². The second-order valence-corrected chi connectivity index (χ2v) is 5.77. The van der Waals surface area contributed by atoms with Gasteiger partial charge in [0.25, 0.3) is 5.69 Å². The summed E-state index contributed by atoms with van der Waals surface area (Å²) in [6, 6.07) is 4.10. The van der Waals surface area contributed by atoms with Gasteiger partial charge in [-0.15, -0.1) is 11.8 Å². The van der Waals surface area contributed by atoms with Gasteiger partial charge in [-0.2, -0.15) is 0 Å². The van der Waals surface area contributed by atoms with Gasteiger partial charge < -0.3 is 5.11 Å². The number of carbonyl (C=O) groups is 1. The molecule has 0 aromatic heterocycles. The number of thioether (sulfide) groups is 1. The number of nitrogens with zero attached hydrogens (tertiary/aromatic N) is 1. The third-order valence-corrected chi connectivity index (χ3v) is 4.65. The number of nitro groups is 1. The van der Waals surface area contributed by atoms with E-state index in [9.17, 15) is 14.9 Å². The number of rotatable bonds is 5. The highest BCUT2D eigenvalue weighted by Crippen LogP contribution is 2.35. The Bertz CT molecular complexity index is 497. The number of aromatic carboxylic acids is 1. The van der Waals surface area contributed by atoms with Crippen LogP contribution in [0.25, 0.3) is 0 Å². The molecular formula is C13H15NO4S. The maximum atomic E-state index is 11.0. The second kappa shape index (κ2) is 6.06. The second-order valence-electron chi connectivity index (χ2n) is 4.71. The van der Waals surface area contributed by atoms with E-state index in [1.807, 2.05) is 0 Å². The third kappa shape index (κ3) is 3.47. The number of benzene rings is 1. The summed E-state index contributed by atoms with van der Waals surface area (Å²) >= 11 is 1.46. The van der Waals surface area contributed by atoms with Crippen molar-refractivity contribution in [2.24, 2.45) is 5.92 Å². The fraction of sp³-hybridized carbons (Fsp3) is 0.462. The minimum absolute atomic E-state index is 0.0445. The lowest BCUT2D eigenvalue weighted by Crippen LogP contribution is -2.01. The summed E-state index contributed by atoms with van der Waals surface area (Å²) in [5.74, 6) is 0.354. The molecule has 1 aliphatic carbocycles. The van der Waals surface area contributed by atoms with Gasteiger partial charge in [-0.3, -0.25) is 10.1 Å². The van der Waals surface area contributed by atoms with Crippen molar-refractivity contribution in [2.45, 2.75) is 30.6 Å². The summed E-state index contributed by atoms with van der Waals surface area (Å²) in [5.41, 5.74) is -0.153. The zero-order valence-electron chi connectivity index (χ0n) is 10.4. The number of hydrogen-bond donors (Lipinski definition) is 1. The first-order valence-electron chi connectivity index (χ1n) is 6.22. The van der Waals surface area contributed by atoms with Crippen molar-refractivity contribution in [1.29, 1.82) is 0 Å². The van der Waals surface area contributed by atoms with Crippen molar-refractivity contribution in [1.82, 2.24) is 0 Å². The van der Waals surface area contributed by atoms with Gasteiger partial charge in [0.05, 0.1) is 15.4 Å². The van der Waals surface area contributed by atoms with Crippen molar-refractivity contribution in [3.63, 3.8) is 0 Å². The average Bonchev–Trinajstić information content (AvgIpc) is 2.89. The predicted octanol–water partition coefficient (Wildman–Crippen LogP) is 3.58. The summed E-state index contributed by atoms with van der Waals surface area (Å²) in [5, 5.41) is 19.8. The molecule has 102 valence electrons. The summed E-state index contributed by atoms with van der Waals surface area (Å²) in [6.07, 6.45) is 4.86. The van der Waals surface area contributed by atoms with E-state index in [1.165, 1.54) is 43.5 Å². The average molecular weight is 281 g/mol. The molecule has 0 unspecified atom stereocenters. The van der Waals surface area contributed by atoms with Crippen molar-refractivity contribution in [3.8, 4) is 0 Å². The number of carboxylic acids is 1. The molecule has 0 spiro atoms. The van der Waals surface area contributed by atoms with E-state index in [0.717, 1.165) is 11.8 Å². The van der Waals surface area contributed by atoms with Crippen LogP contribution in [0, 0.1) is 16.0 Å². The monoisotopic (exact) mass is 281 g/mol. The lowest BCUT2D eigenvalue weighted by atomic mass is 10.1. The van der Waals surface area contributed by atoms with Gasteiger partial charge in [-0.1, -0.05) is 12.8 Å². The fourth-order valence-electron chi connectivity index (χ4n) is 2.30. The van der Waals surface area contributed by atoms with E-state index < -0.39 is 10.9 Å². The zero-order chi connectivity index (χ0) is 13.8. The Labute approximate surface area is 115 Å². The molecule has 1 aromatic rings. The Balaban J connectivity index is 2.14. The van der Waals surface area contributed by atoms with Crippen LogP contribution in [-0.2, 0) is 0 Å². The number of carboxylic acid groups (broad SMARTS) is 1. The molecule has 1 aliphatic rings. The van der Waals surface area contributed by atoms with Crippen LogP contribution in [0.4, 0.5) is 5.69 Å². The molecule has 2 rings (SSSR count). The Morgan fingerprint density at radius 3 is 2.68 bits per heavy atom. The van der Waals surface area contributed by atoms with Gasteiger partial charge >= 0.3 is 5.97 Å². The summed E-state index contributed by atoms with van der Waals surface area (Å²) in [7, 11) is 0. The first-order valence-corrected chi connectivity index (χ1v) is 7.21. The van der Waals surface area contributed by atoms with Crippen molar-refractivity contribution >= 4 is 23.4 Å². The molecule has 1 aromatic carbocycles.